The molecule has 182 valence electrons. The molecule has 35 heavy (non-hydrogen) atoms. The molecule has 2 aromatic carbocycles. The van der Waals surface area contributed by atoms with Crippen LogP contribution in [0.2, 0.25) is 0 Å². The smallest absolute Gasteiger partial charge is 0.335 e. The van der Waals surface area contributed by atoms with E-state index in [9.17, 15) is 19.5 Å². The molecule has 2 N–H and O–H groups in total. The molecule has 3 rings (SSSR count). The number of nitrogens with zero attached hydrogens (tertiary/aromatic N) is 3. The summed E-state index contributed by atoms with van der Waals surface area (Å²) in [5, 5.41) is 12.1. The van der Waals surface area contributed by atoms with Gasteiger partial charge in [0.25, 0.3) is 5.91 Å². The number of carbonyl (C=O) groups is 3. The second kappa shape index (κ2) is 11.8. The topological polar surface area (TPSA) is 122 Å². The van der Waals surface area contributed by atoms with Crippen LogP contribution in [-0.4, -0.2) is 51.3 Å². The Bertz CT molecular complexity index is 1230. The number of hydrogen-bond donors (Lipinski definition) is 2. The summed E-state index contributed by atoms with van der Waals surface area (Å²) in [6, 6.07) is 12.5. The highest BCUT2D eigenvalue weighted by atomic mass is 16.5. The standard InChI is InChI=1S/C26H28N4O5/c1-17-9-20(7-8-23(17)26(33)34)14-30(13-18(2)31)15-21-12-27-16-29-24(21)25(32)28-11-19-5-4-6-22(10-19)35-3/h4-10,12,16H,11,13-15H2,1-3H3,(H,28,32)(H,33,34). The minimum Gasteiger partial charge on any atom is -0.497 e. The number of benzene rings is 2. The van der Waals surface area contributed by atoms with Crippen molar-refractivity contribution in [3.63, 3.8) is 0 Å². The third-order valence-electron chi connectivity index (χ3n) is 5.36. The predicted octanol–water partition coefficient (Wildman–Crippen LogP) is 3.01. The van der Waals surface area contributed by atoms with Gasteiger partial charge in [-0.1, -0.05) is 24.3 Å². The molecule has 9 heteroatoms. The average Bonchev–Trinajstić information content (AvgIpc) is 2.82. The molecule has 0 atom stereocenters. The van der Waals surface area contributed by atoms with Crippen molar-refractivity contribution in [2.75, 3.05) is 13.7 Å². The molecule has 1 aromatic heterocycles. The van der Waals surface area contributed by atoms with Crippen molar-refractivity contribution in [3.05, 3.63) is 88.5 Å². The zero-order valence-electron chi connectivity index (χ0n) is 19.9. The molecular formula is C26H28N4O5. The number of ketones is 1. The number of aryl methyl sites for hydroxylation is 1. The van der Waals surface area contributed by atoms with Crippen LogP contribution in [0.15, 0.2) is 55.0 Å². The van der Waals surface area contributed by atoms with Crippen molar-refractivity contribution in [2.24, 2.45) is 0 Å². The minimum atomic E-state index is -0.985. The molecule has 0 aliphatic heterocycles. The van der Waals surface area contributed by atoms with E-state index >= 15 is 0 Å². The molecular weight excluding hydrogens is 448 g/mol. The van der Waals surface area contributed by atoms with Gasteiger partial charge >= 0.3 is 5.97 Å². The zero-order valence-corrected chi connectivity index (χ0v) is 19.9. The number of rotatable bonds is 11. The van der Waals surface area contributed by atoms with E-state index in [1.165, 1.54) is 13.3 Å². The van der Waals surface area contributed by atoms with E-state index in [2.05, 4.69) is 15.3 Å². The first kappa shape index (κ1) is 25.5. The van der Waals surface area contributed by atoms with Gasteiger partial charge in [-0.05, 0) is 48.7 Å². The third-order valence-corrected chi connectivity index (χ3v) is 5.36. The molecule has 0 saturated carbocycles. The van der Waals surface area contributed by atoms with Crippen LogP contribution in [0.25, 0.3) is 0 Å². The number of ether oxygens (including phenoxy) is 1. The summed E-state index contributed by atoms with van der Waals surface area (Å²) >= 11 is 0. The van der Waals surface area contributed by atoms with Crippen molar-refractivity contribution in [3.8, 4) is 5.75 Å². The number of amides is 1. The first-order valence-corrected chi connectivity index (χ1v) is 11.0. The number of aromatic carboxylic acids is 1. The quantitative estimate of drug-likeness (QED) is 0.433. The van der Waals surface area contributed by atoms with E-state index < -0.39 is 5.97 Å². The lowest BCUT2D eigenvalue weighted by Crippen LogP contribution is -2.31. The Morgan fingerprint density at radius 3 is 2.57 bits per heavy atom. The highest BCUT2D eigenvalue weighted by molar-refractivity contribution is 5.93. The minimum absolute atomic E-state index is 0.0373. The lowest BCUT2D eigenvalue weighted by Gasteiger charge is -2.22. The number of Topliss-reactive ketones (excluding diaryl/α,β-unsaturated/α-hetero) is 1. The molecule has 0 unspecified atom stereocenters. The van der Waals surface area contributed by atoms with Gasteiger partial charge in [-0.2, -0.15) is 0 Å². The Balaban J connectivity index is 1.76. The first-order valence-electron chi connectivity index (χ1n) is 11.0. The maximum absolute atomic E-state index is 12.9. The largest absolute Gasteiger partial charge is 0.497 e. The van der Waals surface area contributed by atoms with E-state index in [-0.39, 0.29) is 36.0 Å². The van der Waals surface area contributed by atoms with Crippen LogP contribution >= 0.6 is 0 Å². The van der Waals surface area contributed by atoms with E-state index in [0.717, 1.165) is 11.1 Å². The van der Waals surface area contributed by atoms with Gasteiger partial charge in [0.1, 0.15) is 23.6 Å². The van der Waals surface area contributed by atoms with Gasteiger partial charge in [0, 0.05) is 31.4 Å². The molecule has 1 heterocycles. The Kier molecular flexibility index (Phi) is 8.63. The molecule has 0 bridgehead atoms. The van der Waals surface area contributed by atoms with E-state index in [0.29, 0.717) is 30.0 Å². The zero-order chi connectivity index (χ0) is 25.4. The second-order valence-corrected chi connectivity index (χ2v) is 8.23. The summed E-state index contributed by atoms with van der Waals surface area (Å²) < 4.78 is 5.22. The highest BCUT2D eigenvalue weighted by Gasteiger charge is 2.18. The van der Waals surface area contributed by atoms with Gasteiger partial charge in [-0.15, -0.1) is 0 Å². The summed E-state index contributed by atoms with van der Waals surface area (Å²) in [4.78, 5) is 46.3. The number of nitrogens with one attached hydrogen (secondary N) is 1. The fraction of sp³-hybridized carbons (Fsp3) is 0.269. The van der Waals surface area contributed by atoms with Crippen LogP contribution in [0.5, 0.6) is 5.75 Å². The number of carboxylic acid groups (broad SMARTS) is 1. The van der Waals surface area contributed by atoms with Crippen molar-refractivity contribution in [2.45, 2.75) is 33.5 Å². The van der Waals surface area contributed by atoms with E-state index in [1.807, 2.05) is 29.2 Å². The fourth-order valence-electron chi connectivity index (χ4n) is 3.77. The van der Waals surface area contributed by atoms with Crippen LogP contribution in [-0.2, 0) is 24.4 Å². The molecule has 0 radical (unpaired) electrons. The van der Waals surface area contributed by atoms with Gasteiger partial charge in [-0.3, -0.25) is 14.5 Å². The van der Waals surface area contributed by atoms with Crippen molar-refractivity contribution in [1.29, 1.82) is 0 Å². The lowest BCUT2D eigenvalue weighted by atomic mass is 10.0. The molecule has 0 fully saturated rings. The normalized spacial score (nSPS) is 10.7. The summed E-state index contributed by atoms with van der Waals surface area (Å²) in [7, 11) is 1.58. The van der Waals surface area contributed by atoms with Gasteiger partial charge in [0.2, 0.25) is 0 Å². The average molecular weight is 477 g/mol. The van der Waals surface area contributed by atoms with E-state index in [4.69, 9.17) is 4.74 Å². The Morgan fingerprint density at radius 2 is 1.89 bits per heavy atom. The van der Waals surface area contributed by atoms with Gasteiger partial charge in [0.15, 0.2) is 0 Å². The Morgan fingerprint density at radius 1 is 1.09 bits per heavy atom. The van der Waals surface area contributed by atoms with E-state index in [1.54, 1.807) is 38.4 Å². The molecule has 9 nitrogen and oxygen atoms in total. The molecule has 0 aliphatic rings. The predicted molar refractivity (Wildman–Crippen MR) is 129 cm³/mol. The summed E-state index contributed by atoms with van der Waals surface area (Å²) in [5.74, 6) is -0.675. The van der Waals surface area contributed by atoms with Crippen LogP contribution in [0.3, 0.4) is 0 Å². The number of carboxylic acids is 1. The van der Waals surface area contributed by atoms with Gasteiger partial charge in [0.05, 0.1) is 19.2 Å². The highest BCUT2D eigenvalue weighted by Crippen LogP contribution is 2.17. The molecule has 0 aliphatic carbocycles. The Hall–Kier alpha value is -4.11. The molecule has 1 amide bonds. The second-order valence-electron chi connectivity index (χ2n) is 8.23. The SMILES string of the molecule is COc1cccc(CNC(=O)c2ncncc2CN(CC(C)=O)Cc2ccc(C(=O)O)c(C)c2)c1. The maximum Gasteiger partial charge on any atom is 0.335 e. The lowest BCUT2D eigenvalue weighted by molar-refractivity contribution is -0.118. The first-order chi connectivity index (χ1) is 16.8. The third kappa shape index (κ3) is 7.18. The Labute approximate surface area is 203 Å². The molecule has 0 saturated heterocycles. The van der Waals surface area contributed by atoms with Crippen molar-refractivity contribution in [1.82, 2.24) is 20.2 Å². The van der Waals surface area contributed by atoms with Gasteiger partial charge < -0.3 is 15.2 Å². The summed E-state index contributed by atoms with van der Waals surface area (Å²) in [6.07, 6.45) is 2.88. The van der Waals surface area contributed by atoms with Crippen LogP contribution < -0.4 is 10.1 Å². The van der Waals surface area contributed by atoms with Gasteiger partial charge in [-0.25, -0.2) is 14.8 Å². The van der Waals surface area contributed by atoms with Crippen molar-refractivity contribution >= 4 is 17.7 Å². The number of carbonyl (C=O) groups excluding carboxylic acids is 2. The molecule has 0 spiro atoms. The fourth-order valence-corrected chi connectivity index (χ4v) is 3.77. The number of aromatic nitrogens is 2. The van der Waals surface area contributed by atoms with Crippen molar-refractivity contribution < 1.29 is 24.2 Å². The van der Waals surface area contributed by atoms with Crippen LogP contribution in [0.1, 0.15) is 50.0 Å². The van der Waals surface area contributed by atoms with Crippen LogP contribution in [0, 0.1) is 6.92 Å². The number of hydrogen-bond acceptors (Lipinski definition) is 7. The molecule has 3 aromatic rings. The van der Waals surface area contributed by atoms with Crippen LogP contribution in [0.4, 0.5) is 0 Å². The monoisotopic (exact) mass is 476 g/mol. The summed E-state index contributed by atoms with van der Waals surface area (Å²) in [6.45, 7) is 4.33. The number of methoxy groups -OCH3 is 1. The summed E-state index contributed by atoms with van der Waals surface area (Å²) in [5.41, 5.74) is 3.42. The maximum atomic E-state index is 12.9.